The highest BCUT2D eigenvalue weighted by atomic mass is 16.6. The Balaban J connectivity index is 1.43. The molecule has 0 amide bonds. The summed E-state index contributed by atoms with van der Waals surface area (Å²) in [4.78, 5) is 16.1. The number of benzene rings is 1. The van der Waals surface area contributed by atoms with E-state index >= 15 is 0 Å². The Morgan fingerprint density at radius 3 is 2.65 bits per heavy atom. The van der Waals surface area contributed by atoms with Crippen molar-refractivity contribution in [2.24, 2.45) is 11.1 Å². The van der Waals surface area contributed by atoms with E-state index in [9.17, 15) is 10.2 Å². The Morgan fingerprint density at radius 2 is 1.97 bits per heavy atom. The number of aliphatic hydroxyl groups excluding tert-OH is 2. The van der Waals surface area contributed by atoms with Gasteiger partial charge in [0.25, 0.3) is 0 Å². The summed E-state index contributed by atoms with van der Waals surface area (Å²) in [7, 11) is 0. The van der Waals surface area contributed by atoms with Gasteiger partial charge in [0.05, 0.1) is 30.6 Å². The predicted octanol–water partition coefficient (Wildman–Crippen LogP) is 1.66. The van der Waals surface area contributed by atoms with Gasteiger partial charge in [-0.1, -0.05) is 6.07 Å². The number of nitrogens with zero attached hydrogens (tertiary/aromatic N) is 4. The summed E-state index contributed by atoms with van der Waals surface area (Å²) >= 11 is 0. The molecule has 164 valence electrons. The second-order valence-corrected chi connectivity index (χ2v) is 8.58. The maximum absolute atomic E-state index is 10.0. The molecule has 0 radical (unpaired) electrons. The Hall–Kier alpha value is -2.59. The van der Waals surface area contributed by atoms with Crippen LogP contribution in [0.3, 0.4) is 0 Å². The van der Waals surface area contributed by atoms with Gasteiger partial charge in [0.1, 0.15) is 11.2 Å². The van der Waals surface area contributed by atoms with E-state index in [4.69, 9.17) is 24.9 Å². The number of aryl methyl sites for hydroxylation is 2. The number of fused-ring (bicyclic) bond motifs is 1. The lowest BCUT2D eigenvalue weighted by Gasteiger charge is -2.41. The number of oxazole rings is 1. The number of aliphatic hydroxyl groups is 2. The molecule has 0 aliphatic carbocycles. The highest BCUT2D eigenvalue weighted by Gasteiger charge is 2.49. The number of hydrogen-bond acceptors (Lipinski definition) is 9. The topological polar surface area (TPSA) is 131 Å². The van der Waals surface area contributed by atoms with Crippen molar-refractivity contribution in [1.82, 2.24) is 15.0 Å². The zero-order valence-corrected chi connectivity index (χ0v) is 17.7. The van der Waals surface area contributed by atoms with Gasteiger partial charge in [-0.2, -0.15) is 0 Å². The molecular formula is C22H27N5O4. The van der Waals surface area contributed by atoms with Gasteiger partial charge < -0.3 is 30.0 Å². The molecule has 2 fully saturated rings. The van der Waals surface area contributed by atoms with E-state index in [0.29, 0.717) is 48.4 Å². The van der Waals surface area contributed by atoms with Crippen LogP contribution in [-0.2, 0) is 11.3 Å². The number of nitrogens with two attached hydrogens (primary N) is 1. The van der Waals surface area contributed by atoms with Crippen molar-refractivity contribution < 1.29 is 19.4 Å². The van der Waals surface area contributed by atoms with Crippen LogP contribution in [0, 0.1) is 19.3 Å². The highest BCUT2D eigenvalue weighted by Crippen LogP contribution is 2.41. The summed E-state index contributed by atoms with van der Waals surface area (Å²) in [5.74, 6) is 1.31. The number of piperidine rings is 1. The standard InChI is InChI=1S/C22H27N5O4/c1-12-18(14-3-4-15-17(9-14)31-13(2)25-15)26-16(10-28)20(24-12)27-7-5-22(6-8-27)11-30-21(29)19(22)23/h3-4,9,19,21,28-29H,5-8,10-11,23H2,1-2H3/t19-,21-/m1/s1. The average molecular weight is 425 g/mol. The van der Waals surface area contributed by atoms with Crippen molar-refractivity contribution in [3.05, 3.63) is 35.5 Å². The fourth-order valence-corrected chi connectivity index (χ4v) is 4.76. The minimum Gasteiger partial charge on any atom is -0.441 e. The molecule has 2 saturated heterocycles. The molecular weight excluding hydrogens is 398 g/mol. The second kappa shape index (κ2) is 7.52. The molecule has 2 aromatic heterocycles. The number of aromatic nitrogens is 3. The first kappa shape index (κ1) is 20.3. The molecule has 5 rings (SSSR count). The Kier molecular flexibility index (Phi) is 4.93. The van der Waals surface area contributed by atoms with E-state index in [-0.39, 0.29) is 18.1 Å². The SMILES string of the molecule is Cc1nc2ccc(-c3nc(CO)c(N4CCC5(CC4)CO[C@@H](O)[C@H]5N)nc3C)cc2o1. The Bertz CT molecular complexity index is 1120. The fourth-order valence-electron chi connectivity index (χ4n) is 4.76. The third kappa shape index (κ3) is 3.38. The summed E-state index contributed by atoms with van der Waals surface area (Å²) in [6, 6.07) is 5.38. The molecule has 9 heteroatoms. The van der Waals surface area contributed by atoms with E-state index in [1.54, 1.807) is 0 Å². The third-order valence-corrected chi connectivity index (χ3v) is 6.65. The van der Waals surface area contributed by atoms with Crippen LogP contribution in [0.1, 0.15) is 30.1 Å². The van der Waals surface area contributed by atoms with Gasteiger partial charge >= 0.3 is 0 Å². The smallest absolute Gasteiger partial charge is 0.192 e. The summed E-state index contributed by atoms with van der Waals surface area (Å²) in [5, 5.41) is 19.9. The molecule has 0 unspecified atom stereocenters. The lowest BCUT2D eigenvalue weighted by Crippen LogP contribution is -2.51. The number of rotatable bonds is 3. The van der Waals surface area contributed by atoms with Gasteiger partial charge in [0.2, 0.25) is 0 Å². The van der Waals surface area contributed by atoms with Crippen LogP contribution < -0.4 is 10.6 Å². The third-order valence-electron chi connectivity index (χ3n) is 6.65. The first-order valence-electron chi connectivity index (χ1n) is 10.6. The van der Waals surface area contributed by atoms with Crippen molar-refractivity contribution in [2.45, 2.75) is 45.6 Å². The molecule has 0 saturated carbocycles. The van der Waals surface area contributed by atoms with Crippen LogP contribution in [-0.4, -0.2) is 57.2 Å². The Morgan fingerprint density at radius 1 is 1.19 bits per heavy atom. The number of hydrogen-bond donors (Lipinski definition) is 3. The highest BCUT2D eigenvalue weighted by molar-refractivity contribution is 5.80. The van der Waals surface area contributed by atoms with E-state index < -0.39 is 6.29 Å². The van der Waals surface area contributed by atoms with Gasteiger partial charge in [0.15, 0.2) is 23.6 Å². The summed E-state index contributed by atoms with van der Waals surface area (Å²) < 4.78 is 11.0. The molecule has 1 aromatic carbocycles. The minimum atomic E-state index is -0.897. The van der Waals surface area contributed by atoms with Crippen molar-refractivity contribution >= 4 is 16.9 Å². The van der Waals surface area contributed by atoms with Crippen LogP contribution in [0.2, 0.25) is 0 Å². The monoisotopic (exact) mass is 425 g/mol. The molecule has 2 aliphatic rings. The molecule has 31 heavy (non-hydrogen) atoms. The van der Waals surface area contributed by atoms with E-state index in [1.165, 1.54) is 0 Å². The van der Waals surface area contributed by atoms with Crippen molar-refractivity contribution in [3.8, 4) is 11.3 Å². The summed E-state index contributed by atoms with van der Waals surface area (Å²) in [6.07, 6.45) is 0.687. The Labute approximate surface area is 179 Å². The normalized spacial score (nSPS) is 23.2. The zero-order chi connectivity index (χ0) is 21.8. The molecule has 2 atom stereocenters. The fraction of sp³-hybridized carbons (Fsp3) is 0.500. The summed E-state index contributed by atoms with van der Waals surface area (Å²) in [6.45, 7) is 5.44. The van der Waals surface area contributed by atoms with Crippen LogP contribution in [0.25, 0.3) is 22.4 Å². The molecule has 4 heterocycles. The van der Waals surface area contributed by atoms with Crippen LogP contribution >= 0.6 is 0 Å². The van der Waals surface area contributed by atoms with Crippen molar-refractivity contribution in [1.29, 1.82) is 0 Å². The van der Waals surface area contributed by atoms with Gasteiger partial charge in [-0.05, 0) is 31.9 Å². The van der Waals surface area contributed by atoms with Gasteiger partial charge in [-0.15, -0.1) is 0 Å². The molecule has 1 spiro atoms. The number of anilines is 1. The lowest BCUT2D eigenvalue weighted by molar-refractivity contribution is -0.0665. The zero-order valence-electron chi connectivity index (χ0n) is 17.7. The van der Waals surface area contributed by atoms with Gasteiger partial charge in [0, 0.05) is 31.0 Å². The van der Waals surface area contributed by atoms with Gasteiger partial charge in [-0.25, -0.2) is 15.0 Å². The predicted molar refractivity (Wildman–Crippen MR) is 114 cm³/mol. The summed E-state index contributed by atoms with van der Waals surface area (Å²) in [5.41, 5.74) is 10.4. The number of ether oxygens (including phenoxy) is 1. The van der Waals surface area contributed by atoms with Gasteiger partial charge in [-0.3, -0.25) is 0 Å². The largest absolute Gasteiger partial charge is 0.441 e. The van der Waals surface area contributed by atoms with E-state index in [1.807, 2.05) is 32.0 Å². The van der Waals surface area contributed by atoms with Crippen LogP contribution in [0.4, 0.5) is 5.82 Å². The lowest BCUT2D eigenvalue weighted by atomic mass is 9.74. The van der Waals surface area contributed by atoms with Crippen LogP contribution in [0.15, 0.2) is 22.6 Å². The molecule has 0 bridgehead atoms. The van der Waals surface area contributed by atoms with Crippen molar-refractivity contribution in [3.63, 3.8) is 0 Å². The molecule has 9 nitrogen and oxygen atoms in total. The quantitative estimate of drug-likeness (QED) is 0.573. The first-order valence-corrected chi connectivity index (χ1v) is 10.6. The maximum Gasteiger partial charge on any atom is 0.192 e. The average Bonchev–Trinajstić information content (AvgIpc) is 3.28. The first-order chi connectivity index (χ1) is 14.9. The maximum atomic E-state index is 10.0. The van der Waals surface area contributed by atoms with Crippen LogP contribution in [0.5, 0.6) is 0 Å². The molecule has 4 N–H and O–H groups in total. The van der Waals surface area contributed by atoms with E-state index in [0.717, 1.165) is 29.6 Å². The molecule has 3 aromatic rings. The van der Waals surface area contributed by atoms with Crippen molar-refractivity contribution in [2.75, 3.05) is 24.6 Å². The second-order valence-electron chi connectivity index (χ2n) is 8.58. The minimum absolute atomic E-state index is 0.206. The molecule has 2 aliphatic heterocycles. The van der Waals surface area contributed by atoms with E-state index in [2.05, 4.69) is 9.88 Å².